The minimum atomic E-state index is 0.560. The number of aliphatic imine (C=N–C) groups is 1. The monoisotopic (exact) mass is 380 g/mol. The molecule has 120 valence electrons. The van der Waals surface area contributed by atoms with Gasteiger partial charge in [0.25, 0.3) is 0 Å². The van der Waals surface area contributed by atoms with E-state index in [1.54, 1.807) is 12.5 Å². The summed E-state index contributed by atoms with van der Waals surface area (Å²) >= 11 is 3.30. The number of pyridine rings is 2. The number of terminal acetylenes is 1. The number of rotatable bonds is 2. The normalized spacial score (nSPS) is 10.1. The lowest BCUT2D eigenvalue weighted by atomic mass is 10.2. The van der Waals surface area contributed by atoms with E-state index in [9.17, 15) is 0 Å². The Hall–Kier alpha value is -2.71. The van der Waals surface area contributed by atoms with Crippen LogP contribution in [0.4, 0.5) is 5.82 Å². The SMILES string of the molecule is C#Cc1cc(Br)cnc1N=CN(C)C.c1ccc2ncccc2c1. The first-order valence-corrected chi connectivity index (χ1v) is 8.02. The topological polar surface area (TPSA) is 41.4 Å². The minimum Gasteiger partial charge on any atom is -0.369 e. The Bertz CT molecular complexity index is 816. The molecule has 0 bridgehead atoms. The molecule has 4 nitrogen and oxygen atoms in total. The molecular formula is C19H17BrN4. The molecule has 3 aromatic rings. The van der Waals surface area contributed by atoms with Gasteiger partial charge in [-0.05, 0) is 34.1 Å². The van der Waals surface area contributed by atoms with Crippen LogP contribution in [0.25, 0.3) is 10.9 Å². The largest absolute Gasteiger partial charge is 0.369 e. The predicted octanol–water partition coefficient (Wildman–Crippen LogP) is 4.28. The zero-order valence-electron chi connectivity index (χ0n) is 13.5. The summed E-state index contributed by atoms with van der Waals surface area (Å²) in [6.45, 7) is 0. The van der Waals surface area contributed by atoms with Gasteiger partial charge in [0.2, 0.25) is 0 Å². The Morgan fingerprint density at radius 1 is 1.17 bits per heavy atom. The third kappa shape index (κ3) is 5.18. The molecule has 0 N–H and O–H groups in total. The molecule has 0 unspecified atom stereocenters. The molecule has 5 heteroatoms. The van der Waals surface area contributed by atoms with Crippen LogP contribution in [-0.4, -0.2) is 35.3 Å². The molecular weight excluding hydrogens is 364 g/mol. The highest BCUT2D eigenvalue weighted by Gasteiger charge is 1.99. The van der Waals surface area contributed by atoms with Crippen molar-refractivity contribution in [1.29, 1.82) is 0 Å². The van der Waals surface area contributed by atoms with E-state index >= 15 is 0 Å². The lowest BCUT2D eigenvalue weighted by Crippen LogP contribution is -2.07. The summed E-state index contributed by atoms with van der Waals surface area (Å²) < 4.78 is 0.856. The maximum atomic E-state index is 5.33. The Kier molecular flexibility index (Phi) is 6.47. The van der Waals surface area contributed by atoms with Gasteiger partial charge in [-0.25, -0.2) is 9.98 Å². The van der Waals surface area contributed by atoms with Gasteiger partial charge in [-0.3, -0.25) is 4.98 Å². The van der Waals surface area contributed by atoms with Crippen molar-refractivity contribution >= 4 is 39.0 Å². The second kappa shape index (κ2) is 8.80. The molecule has 0 radical (unpaired) electrons. The molecule has 3 rings (SSSR count). The number of aromatic nitrogens is 2. The van der Waals surface area contributed by atoms with Crippen LogP contribution >= 0.6 is 15.9 Å². The lowest BCUT2D eigenvalue weighted by molar-refractivity contribution is 0.643. The molecule has 0 aliphatic carbocycles. The van der Waals surface area contributed by atoms with E-state index in [-0.39, 0.29) is 0 Å². The second-order valence-electron chi connectivity index (χ2n) is 5.07. The van der Waals surface area contributed by atoms with Crippen molar-refractivity contribution in [3.8, 4) is 12.3 Å². The number of hydrogen-bond acceptors (Lipinski definition) is 3. The first kappa shape index (κ1) is 17.6. The highest BCUT2D eigenvalue weighted by atomic mass is 79.9. The summed E-state index contributed by atoms with van der Waals surface area (Å²) in [5.74, 6) is 3.09. The standard InChI is InChI=1S/C10H10BrN3.C9H7N/c1-4-8-5-9(11)6-12-10(8)13-7-14(2)3;1-2-6-9-8(4-1)5-3-7-10-9/h1,5-7H,2-3H3;1-7H. The summed E-state index contributed by atoms with van der Waals surface area (Å²) in [5, 5.41) is 1.20. The number of nitrogens with zero attached hydrogens (tertiary/aromatic N) is 4. The quantitative estimate of drug-likeness (QED) is 0.378. The van der Waals surface area contributed by atoms with E-state index in [1.165, 1.54) is 5.39 Å². The number of fused-ring (bicyclic) bond motifs is 1. The summed E-state index contributed by atoms with van der Waals surface area (Å²) in [5.41, 5.74) is 1.74. The van der Waals surface area contributed by atoms with Crippen molar-refractivity contribution in [3.63, 3.8) is 0 Å². The van der Waals surface area contributed by atoms with Gasteiger partial charge in [-0.1, -0.05) is 30.2 Å². The highest BCUT2D eigenvalue weighted by molar-refractivity contribution is 9.10. The van der Waals surface area contributed by atoms with Crippen LogP contribution in [-0.2, 0) is 0 Å². The van der Waals surface area contributed by atoms with Crippen molar-refractivity contribution in [1.82, 2.24) is 14.9 Å². The van der Waals surface area contributed by atoms with E-state index in [4.69, 9.17) is 6.42 Å². The van der Waals surface area contributed by atoms with Gasteiger partial charge in [0, 0.05) is 36.3 Å². The molecule has 0 fully saturated rings. The Morgan fingerprint density at radius 3 is 2.62 bits per heavy atom. The van der Waals surface area contributed by atoms with E-state index < -0.39 is 0 Å². The van der Waals surface area contributed by atoms with Crippen LogP contribution in [0.3, 0.4) is 0 Å². The van der Waals surface area contributed by atoms with Crippen LogP contribution in [0, 0.1) is 12.3 Å². The van der Waals surface area contributed by atoms with E-state index in [2.05, 4.69) is 48.9 Å². The maximum absolute atomic E-state index is 5.33. The Balaban J connectivity index is 0.000000182. The summed E-state index contributed by atoms with van der Waals surface area (Å²) in [6.07, 6.45) is 10.5. The average Bonchev–Trinajstić information content (AvgIpc) is 2.61. The molecule has 2 aromatic heterocycles. The van der Waals surface area contributed by atoms with Crippen molar-refractivity contribution in [2.24, 2.45) is 4.99 Å². The van der Waals surface area contributed by atoms with E-state index in [1.807, 2.05) is 55.5 Å². The van der Waals surface area contributed by atoms with Crippen molar-refractivity contribution in [3.05, 3.63) is 64.9 Å². The van der Waals surface area contributed by atoms with Gasteiger partial charge < -0.3 is 4.90 Å². The molecule has 0 aliphatic heterocycles. The first-order chi connectivity index (χ1) is 11.6. The van der Waals surface area contributed by atoms with Crippen LogP contribution in [0.15, 0.2) is 64.3 Å². The van der Waals surface area contributed by atoms with Gasteiger partial charge >= 0.3 is 0 Å². The Morgan fingerprint density at radius 2 is 1.92 bits per heavy atom. The third-order valence-corrected chi connectivity index (χ3v) is 3.35. The van der Waals surface area contributed by atoms with Crippen molar-refractivity contribution in [2.75, 3.05) is 14.1 Å². The first-order valence-electron chi connectivity index (χ1n) is 7.22. The van der Waals surface area contributed by atoms with Gasteiger partial charge in [-0.2, -0.15) is 0 Å². The minimum absolute atomic E-state index is 0.560. The van der Waals surface area contributed by atoms with E-state index in [0.29, 0.717) is 11.4 Å². The third-order valence-electron chi connectivity index (χ3n) is 2.91. The molecule has 0 saturated heterocycles. The predicted molar refractivity (Wildman–Crippen MR) is 103 cm³/mol. The smallest absolute Gasteiger partial charge is 0.169 e. The Labute approximate surface area is 150 Å². The number of halogens is 1. The van der Waals surface area contributed by atoms with Crippen molar-refractivity contribution < 1.29 is 0 Å². The molecule has 0 saturated carbocycles. The van der Waals surface area contributed by atoms with Gasteiger partial charge in [0.15, 0.2) is 5.82 Å². The fourth-order valence-electron chi connectivity index (χ4n) is 1.83. The number of para-hydroxylation sites is 1. The fourth-order valence-corrected chi connectivity index (χ4v) is 2.16. The van der Waals surface area contributed by atoms with Crippen LogP contribution in [0.5, 0.6) is 0 Å². The molecule has 0 amide bonds. The van der Waals surface area contributed by atoms with Crippen LogP contribution < -0.4 is 0 Å². The summed E-state index contributed by atoms with van der Waals surface area (Å²) in [4.78, 5) is 14.3. The number of hydrogen-bond donors (Lipinski definition) is 0. The lowest BCUT2D eigenvalue weighted by Gasteiger charge is -2.03. The summed E-state index contributed by atoms with van der Waals surface area (Å²) in [6, 6.07) is 13.9. The molecule has 0 spiro atoms. The highest BCUT2D eigenvalue weighted by Crippen LogP contribution is 2.18. The molecule has 24 heavy (non-hydrogen) atoms. The van der Waals surface area contributed by atoms with Gasteiger partial charge in [0.1, 0.15) is 0 Å². The van der Waals surface area contributed by atoms with Crippen molar-refractivity contribution in [2.45, 2.75) is 0 Å². The molecule has 0 atom stereocenters. The molecule has 0 aliphatic rings. The second-order valence-corrected chi connectivity index (χ2v) is 5.99. The summed E-state index contributed by atoms with van der Waals surface area (Å²) in [7, 11) is 3.77. The van der Waals surface area contributed by atoms with Gasteiger partial charge in [-0.15, -0.1) is 6.42 Å². The van der Waals surface area contributed by atoms with E-state index in [0.717, 1.165) is 9.99 Å². The zero-order chi connectivity index (χ0) is 17.4. The molecule has 2 heterocycles. The number of benzene rings is 1. The van der Waals surface area contributed by atoms with Gasteiger partial charge in [0.05, 0.1) is 17.4 Å². The zero-order valence-corrected chi connectivity index (χ0v) is 15.1. The fraction of sp³-hybridized carbons (Fsp3) is 0.105. The maximum Gasteiger partial charge on any atom is 0.169 e. The van der Waals surface area contributed by atoms with Crippen LogP contribution in [0.2, 0.25) is 0 Å². The van der Waals surface area contributed by atoms with Crippen LogP contribution in [0.1, 0.15) is 5.56 Å². The average molecular weight is 381 g/mol. The molecule has 1 aromatic carbocycles.